The Morgan fingerprint density at radius 2 is 2.13 bits per heavy atom. The summed E-state index contributed by atoms with van der Waals surface area (Å²) in [5.74, 6) is 0. The second kappa shape index (κ2) is 3.39. The zero-order valence-corrected chi connectivity index (χ0v) is 8.43. The highest BCUT2D eigenvalue weighted by Crippen LogP contribution is 2.22. The maximum Gasteiger partial charge on any atom is 0.100 e. The molecule has 3 rings (SSSR count). The highest BCUT2D eigenvalue weighted by atomic mass is 15.1. The van der Waals surface area contributed by atoms with Crippen LogP contribution in [-0.4, -0.2) is 9.55 Å². The molecule has 1 aliphatic rings. The first kappa shape index (κ1) is 8.48. The molecular weight excluding hydrogens is 184 g/mol. The number of allylic oxidation sites excluding steroid dienone is 4. The first-order valence-corrected chi connectivity index (χ1v) is 5.23. The molecule has 0 spiro atoms. The maximum atomic E-state index is 4.39. The van der Waals surface area contributed by atoms with Gasteiger partial charge in [0.15, 0.2) is 0 Å². The average molecular weight is 196 g/mol. The van der Waals surface area contributed by atoms with E-state index in [1.807, 2.05) is 18.5 Å². The smallest absolute Gasteiger partial charge is 0.100 e. The molecule has 0 N–H and O–H groups in total. The third-order valence-electron chi connectivity index (χ3n) is 2.75. The van der Waals surface area contributed by atoms with E-state index in [2.05, 4.69) is 39.9 Å². The SMILES string of the molecule is C1=CCCC(n2cnc3ccccc32)=C1. The lowest BCUT2D eigenvalue weighted by Crippen LogP contribution is -1.96. The normalized spacial score (nSPS) is 15.6. The van der Waals surface area contributed by atoms with Crippen LogP contribution < -0.4 is 0 Å². The lowest BCUT2D eigenvalue weighted by atomic mass is 10.1. The number of benzene rings is 1. The van der Waals surface area contributed by atoms with Gasteiger partial charge in [0.1, 0.15) is 6.33 Å². The highest BCUT2D eigenvalue weighted by Gasteiger charge is 2.06. The van der Waals surface area contributed by atoms with Crippen LogP contribution in [0, 0.1) is 0 Å². The van der Waals surface area contributed by atoms with Gasteiger partial charge in [-0.25, -0.2) is 4.98 Å². The zero-order chi connectivity index (χ0) is 10.1. The van der Waals surface area contributed by atoms with E-state index in [4.69, 9.17) is 0 Å². The Morgan fingerprint density at radius 1 is 1.20 bits per heavy atom. The Morgan fingerprint density at radius 3 is 3.00 bits per heavy atom. The van der Waals surface area contributed by atoms with Gasteiger partial charge in [0, 0.05) is 5.70 Å². The summed E-state index contributed by atoms with van der Waals surface area (Å²) < 4.78 is 2.18. The molecule has 0 saturated heterocycles. The molecule has 1 aliphatic carbocycles. The van der Waals surface area contributed by atoms with Crippen LogP contribution in [0.15, 0.2) is 48.8 Å². The van der Waals surface area contributed by atoms with E-state index in [1.165, 1.54) is 11.2 Å². The third-order valence-corrected chi connectivity index (χ3v) is 2.75. The van der Waals surface area contributed by atoms with Crippen molar-refractivity contribution in [2.45, 2.75) is 12.8 Å². The number of hydrogen-bond donors (Lipinski definition) is 0. The van der Waals surface area contributed by atoms with Crippen LogP contribution in [0.4, 0.5) is 0 Å². The van der Waals surface area contributed by atoms with Gasteiger partial charge in [0.05, 0.1) is 11.0 Å². The zero-order valence-electron chi connectivity index (χ0n) is 8.43. The number of rotatable bonds is 1. The van der Waals surface area contributed by atoms with Crippen LogP contribution in [0.25, 0.3) is 16.7 Å². The molecule has 0 saturated carbocycles. The molecule has 1 aromatic carbocycles. The Labute approximate surface area is 88.6 Å². The van der Waals surface area contributed by atoms with Crippen molar-refractivity contribution < 1.29 is 0 Å². The first-order chi connectivity index (χ1) is 7.45. The lowest BCUT2D eigenvalue weighted by Gasteiger charge is -2.10. The fraction of sp³-hybridized carbons (Fsp3) is 0.154. The molecule has 0 bridgehead atoms. The van der Waals surface area contributed by atoms with E-state index < -0.39 is 0 Å². The molecule has 0 atom stereocenters. The van der Waals surface area contributed by atoms with Crippen LogP contribution in [0.1, 0.15) is 12.8 Å². The highest BCUT2D eigenvalue weighted by molar-refractivity contribution is 5.79. The van der Waals surface area contributed by atoms with Gasteiger partial charge >= 0.3 is 0 Å². The molecule has 0 radical (unpaired) electrons. The van der Waals surface area contributed by atoms with Crippen LogP contribution in [0.3, 0.4) is 0 Å². The largest absolute Gasteiger partial charge is 0.303 e. The Kier molecular flexibility index (Phi) is 1.91. The van der Waals surface area contributed by atoms with Crippen molar-refractivity contribution in [3.05, 3.63) is 48.8 Å². The predicted molar refractivity (Wildman–Crippen MR) is 62.4 cm³/mol. The summed E-state index contributed by atoms with van der Waals surface area (Å²) in [6, 6.07) is 8.24. The van der Waals surface area contributed by atoms with E-state index >= 15 is 0 Å². The molecule has 1 heterocycles. The van der Waals surface area contributed by atoms with Crippen molar-refractivity contribution in [1.82, 2.24) is 9.55 Å². The van der Waals surface area contributed by atoms with Gasteiger partial charge in [0.25, 0.3) is 0 Å². The molecular formula is C13H12N2. The Hall–Kier alpha value is -1.83. The van der Waals surface area contributed by atoms with Crippen molar-refractivity contribution in [1.29, 1.82) is 0 Å². The first-order valence-electron chi connectivity index (χ1n) is 5.23. The van der Waals surface area contributed by atoms with E-state index in [0.29, 0.717) is 0 Å². The second-order valence-corrected chi connectivity index (χ2v) is 3.73. The van der Waals surface area contributed by atoms with E-state index in [0.717, 1.165) is 18.4 Å². The van der Waals surface area contributed by atoms with Gasteiger partial charge in [-0.15, -0.1) is 0 Å². The molecule has 0 fully saturated rings. The summed E-state index contributed by atoms with van der Waals surface area (Å²) in [7, 11) is 0. The summed E-state index contributed by atoms with van der Waals surface area (Å²) in [4.78, 5) is 4.39. The minimum Gasteiger partial charge on any atom is -0.303 e. The second-order valence-electron chi connectivity index (χ2n) is 3.73. The van der Waals surface area contributed by atoms with Gasteiger partial charge < -0.3 is 4.57 Å². The lowest BCUT2D eigenvalue weighted by molar-refractivity contribution is 0.955. The minimum absolute atomic E-state index is 1.06. The standard InChI is InChI=1S/C13H12N2/c1-2-6-11(7-3-1)15-10-14-12-8-4-5-9-13(12)15/h1-2,4-6,8-10H,3,7H2. The fourth-order valence-corrected chi connectivity index (χ4v) is 1.98. The number of imidazole rings is 1. The van der Waals surface area contributed by atoms with Gasteiger partial charge in [-0.3, -0.25) is 0 Å². The number of nitrogens with zero attached hydrogens (tertiary/aromatic N) is 2. The summed E-state index contributed by atoms with van der Waals surface area (Å²) in [6.45, 7) is 0. The van der Waals surface area contributed by atoms with Gasteiger partial charge in [-0.2, -0.15) is 0 Å². The summed E-state index contributed by atoms with van der Waals surface area (Å²) in [5, 5.41) is 0. The van der Waals surface area contributed by atoms with Crippen LogP contribution >= 0.6 is 0 Å². The van der Waals surface area contributed by atoms with Gasteiger partial charge in [-0.1, -0.05) is 24.3 Å². The molecule has 74 valence electrons. The quantitative estimate of drug-likeness (QED) is 0.684. The molecule has 2 nitrogen and oxygen atoms in total. The summed E-state index contributed by atoms with van der Waals surface area (Å²) in [5.41, 5.74) is 3.58. The van der Waals surface area contributed by atoms with Gasteiger partial charge in [0.2, 0.25) is 0 Å². The number of hydrogen-bond acceptors (Lipinski definition) is 1. The van der Waals surface area contributed by atoms with Crippen molar-refractivity contribution >= 4 is 16.7 Å². The van der Waals surface area contributed by atoms with Crippen LogP contribution in [0.2, 0.25) is 0 Å². The van der Waals surface area contributed by atoms with E-state index in [9.17, 15) is 0 Å². The Bertz CT molecular complexity index is 546. The van der Waals surface area contributed by atoms with Crippen molar-refractivity contribution in [3.8, 4) is 0 Å². The minimum atomic E-state index is 1.06. The molecule has 0 unspecified atom stereocenters. The molecule has 0 aliphatic heterocycles. The maximum absolute atomic E-state index is 4.39. The monoisotopic (exact) mass is 196 g/mol. The number of para-hydroxylation sites is 2. The van der Waals surface area contributed by atoms with Crippen LogP contribution in [0.5, 0.6) is 0 Å². The fourth-order valence-electron chi connectivity index (χ4n) is 1.98. The predicted octanol–water partition coefficient (Wildman–Crippen LogP) is 3.23. The molecule has 15 heavy (non-hydrogen) atoms. The molecule has 1 aromatic heterocycles. The Balaban J connectivity index is 2.18. The molecule has 0 amide bonds. The van der Waals surface area contributed by atoms with Crippen LogP contribution in [-0.2, 0) is 0 Å². The molecule has 2 heteroatoms. The van der Waals surface area contributed by atoms with E-state index in [-0.39, 0.29) is 0 Å². The summed E-state index contributed by atoms with van der Waals surface area (Å²) >= 11 is 0. The van der Waals surface area contributed by atoms with Gasteiger partial charge in [-0.05, 0) is 31.1 Å². The van der Waals surface area contributed by atoms with E-state index in [1.54, 1.807) is 0 Å². The van der Waals surface area contributed by atoms with Crippen molar-refractivity contribution in [3.63, 3.8) is 0 Å². The number of aromatic nitrogens is 2. The van der Waals surface area contributed by atoms with Crippen molar-refractivity contribution in [2.24, 2.45) is 0 Å². The summed E-state index contributed by atoms with van der Waals surface area (Å²) in [6.07, 6.45) is 10.6. The third kappa shape index (κ3) is 1.38. The number of fused-ring (bicyclic) bond motifs is 1. The average Bonchev–Trinajstić information content (AvgIpc) is 2.74. The topological polar surface area (TPSA) is 17.8 Å². The van der Waals surface area contributed by atoms with Crippen molar-refractivity contribution in [2.75, 3.05) is 0 Å². The molecule has 2 aromatic rings.